The number of hydrogen-bond donors (Lipinski definition) is 2. The van der Waals surface area contributed by atoms with E-state index in [0.29, 0.717) is 11.0 Å². The van der Waals surface area contributed by atoms with Crippen LogP contribution in [0.1, 0.15) is 0 Å². The molecule has 0 amide bonds. The number of fused-ring (bicyclic) bond motifs is 1. The van der Waals surface area contributed by atoms with Gasteiger partial charge in [0.2, 0.25) is 5.16 Å². The molecular weight excluding hydrogens is 280 g/mol. The standard InChI is InChI=1S/C11H10N6O2S/c12-17-10(14-15-11(17)20-6-9(18)19)7-5-13-16-4-2-1-3-8(7)16/h1-5H,6,12H2,(H,18,19). The second-order valence-electron chi connectivity index (χ2n) is 3.95. The highest BCUT2D eigenvalue weighted by molar-refractivity contribution is 7.99. The first kappa shape index (κ1) is 12.5. The van der Waals surface area contributed by atoms with Crippen LogP contribution < -0.4 is 5.84 Å². The largest absolute Gasteiger partial charge is 0.481 e. The predicted octanol–water partition coefficient (Wildman–Crippen LogP) is 0.483. The molecule has 3 rings (SSSR count). The fraction of sp³-hybridized carbons (Fsp3) is 0.0909. The number of nitrogens with zero attached hydrogens (tertiary/aromatic N) is 5. The van der Waals surface area contributed by atoms with E-state index in [2.05, 4.69) is 15.3 Å². The van der Waals surface area contributed by atoms with Crippen molar-refractivity contribution in [2.45, 2.75) is 5.16 Å². The molecule has 0 bridgehead atoms. The van der Waals surface area contributed by atoms with Crippen LogP contribution in [0.5, 0.6) is 0 Å². The van der Waals surface area contributed by atoms with Gasteiger partial charge in [0.15, 0.2) is 5.82 Å². The van der Waals surface area contributed by atoms with Crippen molar-refractivity contribution in [3.8, 4) is 11.4 Å². The van der Waals surface area contributed by atoms with Crippen LogP contribution in [0, 0.1) is 0 Å². The molecule has 0 saturated heterocycles. The van der Waals surface area contributed by atoms with Crippen LogP contribution in [-0.2, 0) is 4.79 Å². The van der Waals surface area contributed by atoms with E-state index in [9.17, 15) is 4.79 Å². The van der Waals surface area contributed by atoms with Gasteiger partial charge in [0.1, 0.15) is 0 Å². The number of aliphatic carboxylic acids is 1. The number of nitrogens with two attached hydrogens (primary N) is 1. The van der Waals surface area contributed by atoms with E-state index in [-0.39, 0.29) is 5.75 Å². The third-order valence-electron chi connectivity index (χ3n) is 2.66. The number of rotatable bonds is 4. The van der Waals surface area contributed by atoms with Crippen molar-refractivity contribution in [2.75, 3.05) is 11.6 Å². The average Bonchev–Trinajstić information content (AvgIpc) is 3.00. The van der Waals surface area contributed by atoms with Gasteiger partial charge in [-0.2, -0.15) is 5.10 Å². The van der Waals surface area contributed by atoms with Gasteiger partial charge >= 0.3 is 5.97 Å². The van der Waals surface area contributed by atoms with Crippen molar-refractivity contribution in [3.63, 3.8) is 0 Å². The van der Waals surface area contributed by atoms with Crippen LogP contribution >= 0.6 is 11.8 Å². The molecule has 0 spiro atoms. The topological polar surface area (TPSA) is 111 Å². The third-order valence-corrected chi connectivity index (χ3v) is 3.58. The zero-order chi connectivity index (χ0) is 14.1. The summed E-state index contributed by atoms with van der Waals surface area (Å²) in [4.78, 5) is 10.6. The van der Waals surface area contributed by atoms with Gasteiger partial charge < -0.3 is 10.9 Å². The van der Waals surface area contributed by atoms with Gasteiger partial charge in [-0.1, -0.05) is 17.8 Å². The van der Waals surface area contributed by atoms with Crippen molar-refractivity contribution < 1.29 is 9.90 Å². The number of nitrogen functional groups attached to an aromatic ring is 1. The zero-order valence-electron chi connectivity index (χ0n) is 10.2. The van der Waals surface area contributed by atoms with Crippen molar-refractivity contribution in [1.82, 2.24) is 24.5 Å². The van der Waals surface area contributed by atoms with Crippen molar-refractivity contribution in [1.29, 1.82) is 0 Å². The van der Waals surface area contributed by atoms with E-state index in [4.69, 9.17) is 10.9 Å². The summed E-state index contributed by atoms with van der Waals surface area (Å²) in [6, 6.07) is 5.64. The van der Waals surface area contributed by atoms with E-state index < -0.39 is 5.97 Å². The Balaban J connectivity index is 2.00. The van der Waals surface area contributed by atoms with Gasteiger partial charge in [-0.15, -0.1) is 10.2 Å². The lowest BCUT2D eigenvalue weighted by molar-refractivity contribution is -0.133. The summed E-state index contributed by atoms with van der Waals surface area (Å²) in [6.07, 6.45) is 3.46. The smallest absolute Gasteiger partial charge is 0.313 e. The first-order valence-electron chi connectivity index (χ1n) is 5.64. The van der Waals surface area contributed by atoms with Gasteiger partial charge in [-0.3, -0.25) is 4.79 Å². The first-order valence-corrected chi connectivity index (χ1v) is 6.63. The van der Waals surface area contributed by atoms with Gasteiger partial charge in [0.25, 0.3) is 0 Å². The first-order chi connectivity index (χ1) is 9.66. The lowest BCUT2D eigenvalue weighted by Crippen LogP contribution is -2.12. The minimum absolute atomic E-state index is 0.121. The molecule has 0 saturated carbocycles. The fourth-order valence-electron chi connectivity index (χ4n) is 1.79. The number of aromatic nitrogens is 5. The minimum atomic E-state index is -0.935. The molecular formula is C11H10N6O2S. The Bertz CT molecular complexity index is 780. The lowest BCUT2D eigenvalue weighted by Gasteiger charge is -2.01. The SMILES string of the molecule is Nn1c(SCC(=O)O)nnc1-c1cnn2ccccc12. The number of carboxylic acid groups (broad SMARTS) is 1. The molecule has 3 heterocycles. The van der Waals surface area contributed by atoms with Gasteiger partial charge in [0.05, 0.1) is 23.0 Å². The molecule has 3 aromatic heterocycles. The number of pyridine rings is 1. The van der Waals surface area contributed by atoms with E-state index in [0.717, 1.165) is 22.8 Å². The summed E-state index contributed by atoms with van der Waals surface area (Å²) in [5.74, 6) is 5.30. The Morgan fingerprint density at radius 1 is 1.40 bits per heavy atom. The Labute approximate surface area is 117 Å². The van der Waals surface area contributed by atoms with Gasteiger partial charge in [-0.05, 0) is 12.1 Å². The molecule has 3 aromatic rings. The molecule has 9 heteroatoms. The molecule has 0 aliphatic heterocycles. The highest BCUT2D eigenvalue weighted by Crippen LogP contribution is 2.24. The lowest BCUT2D eigenvalue weighted by atomic mass is 10.2. The number of carboxylic acids is 1. The molecule has 102 valence electrons. The highest BCUT2D eigenvalue weighted by atomic mass is 32.2. The molecule has 0 atom stereocenters. The van der Waals surface area contributed by atoms with Crippen LogP contribution in [0.25, 0.3) is 16.9 Å². The molecule has 0 unspecified atom stereocenters. The predicted molar refractivity (Wildman–Crippen MR) is 72.7 cm³/mol. The van der Waals surface area contributed by atoms with Crippen LogP contribution in [-0.4, -0.2) is 41.3 Å². The van der Waals surface area contributed by atoms with Crippen molar-refractivity contribution in [2.24, 2.45) is 0 Å². The number of carbonyl (C=O) groups is 1. The molecule has 0 aliphatic rings. The van der Waals surface area contributed by atoms with Crippen LogP contribution in [0.3, 0.4) is 0 Å². The maximum atomic E-state index is 10.6. The van der Waals surface area contributed by atoms with E-state index in [1.807, 2.05) is 24.4 Å². The summed E-state index contributed by atoms with van der Waals surface area (Å²) in [5.41, 5.74) is 1.59. The van der Waals surface area contributed by atoms with E-state index in [1.165, 1.54) is 4.68 Å². The van der Waals surface area contributed by atoms with E-state index in [1.54, 1.807) is 10.7 Å². The molecule has 0 aromatic carbocycles. The quantitative estimate of drug-likeness (QED) is 0.531. The van der Waals surface area contributed by atoms with E-state index >= 15 is 0 Å². The van der Waals surface area contributed by atoms with Crippen molar-refractivity contribution >= 4 is 23.2 Å². The summed E-state index contributed by atoms with van der Waals surface area (Å²) in [7, 11) is 0. The zero-order valence-corrected chi connectivity index (χ0v) is 11.0. The van der Waals surface area contributed by atoms with Crippen molar-refractivity contribution in [3.05, 3.63) is 30.6 Å². The van der Waals surface area contributed by atoms with Gasteiger partial charge in [0, 0.05) is 6.20 Å². The monoisotopic (exact) mass is 290 g/mol. The average molecular weight is 290 g/mol. The third kappa shape index (κ3) is 2.07. The van der Waals surface area contributed by atoms with Crippen LogP contribution in [0.15, 0.2) is 35.7 Å². The number of hydrogen-bond acceptors (Lipinski definition) is 6. The summed E-state index contributed by atoms with van der Waals surface area (Å²) in [5, 5.41) is 21.1. The maximum absolute atomic E-state index is 10.6. The summed E-state index contributed by atoms with van der Waals surface area (Å²) in [6.45, 7) is 0. The molecule has 3 N–H and O–H groups in total. The maximum Gasteiger partial charge on any atom is 0.313 e. The Morgan fingerprint density at radius 2 is 2.25 bits per heavy atom. The molecule has 0 aliphatic carbocycles. The Hall–Kier alpha value is -2.55. The molecule has 0 fully saturated rings. The van der Waals surface area contributed by atoms with Crippen LogP contribution in [0.4, 0.5) is 0 Å². The number of thioether (sulfide) groups is 1. The second kappa shape index (κ2) is 4.85. The minimum Gasteiger partial charge on any atom is -0.481 e. The second-order valence-corrected chi connectivity index (χ2v) is 4.89. The van der Waals surface area contributed by atoms with Gasteiger partial charge in [-0.25, -0.2) is 9.19 Å². The Kier molecular flexibility index (Phi) is 3.03. The fourth-order valence-corrected chi connectivity index (χ4v) is 2.37. The highest BCUT2D eigenvalue weighted by Gasteiger charge is 2.16. The molecule has 0 radical (unpaired) electrons. The molecule has 20 heavy (non-hydrogen) atoms. The van der Waals surface area contributed by atoms with Crippen LogP contribution in [0.2, 0.25) is 0 Å². The summed E-state index contributed by atoms with van der Waals surface area (Å²) >= 11 is 1.02. The summed E-state index contributed by atoms with van der Waals surface area (Å²) < 4.78 is 2.98. The molecule has 8 nitrogen and oxygen atoms in total. The normalized spacial score (nSPS) is 11.0. The Morgan fingerprint density at radius 3 is 3.05 bits per heavy atom.